The van der Waals surface area contributed by atoms with Crippen molar-refractivity contribution in [2.75, 3.05) is 11.9 Å². The Balaban J connectivity index is 1.47. The zero-order chi connectivity index (χ0) is 24.4. The lowest BCUT2D eigenvalue weighted by atomic mass is 10.0. The van der Waals surface area contributed by atoms with Crippen molar-refractivity contribution < 1.29 is 28.7 Å². The molecule has 4 rings (SSSR count). The van der Waals surface area contributed by atoms with Crippen LogP contribution in [0.5, 0.6) is 0 Å². The van der Waals surface area contributed by atoms with E-state index in [1.807, 2.05) is 13.0 Å². The summed E-state index contributed by atoms with van der Waals surface area (Å²) in [6.45, 7) is 3.22. The molecule has 0 radical (unpaired) electrons. The van der Waals surface area contributed by atoms with Gasteiger partial charge >= 0.3 is 12.0 Å². The Kier molecular flexibility index (Phi) is 6.01. The highest BCUT2D eigenvalue weighted by atomic mass is 16.4. The Hall–Kier alpha value is -4.66. The number of aromatic carboxylic acids is 1. The first-order valence-electron chi connectivity index (χ1n) is 10.4. The number of carboxylic acids is 1. The van der Waals surface area contributed by atoms with Gasteiger partial charge < -0.3 is 20.2 Å². The third-order valence-corrected chi connectivity index (χ3v) is 5.22. The number of nitrogens with zero attached hydrogens (tertiary/aromatic N) is 1. The quantitative estimate of drug-likeness (QED) is 0.380. The molecule has 3 N–H and O–H groups in total. The van der Waals surface area contributed by atoms with Crippen molar-refractivity contribution in [2.45, 2.75) is 13.8 Å². The van der Waals surface area contributed by atoms with Gasteiger partial charge in [0.1, 0.15) is 23.8 Å². The van der Waals surface area contributed by atoms with Gasteiger partial charge in [0, 0.05) is 17.3 Å². The number of hydrogen-bond acceptors (Lipinski definition) is 5. The van der Waals surface area contributed by atoms with Gasteiger partial charge in [-0.2, -0.15) is 0 Å². The Morgan fingerprint density at radius 3 is 2.59 bits per heavy atom. The third kappa shape index (κ3) is 4.73. The van der Waals surface area contributed by atoms with Crippen molar-refractivity contribution in [3.8, 4) is 11.3 Å². The number of benzene rings is 2. The molecule has 1 aliphatic heterocycles. The minimum absolute atomic E-state index is 0.0211. The Morgan fingerprint density at radius 2 is 1.88 bits per heavy atom. The number of aryl methyl sites for hydroxylation is 2. The fourth-order valence-electron chi connectivity index (χ4n) is 3.57. The molecule has 0 bridgehead atoms. The fourth-order valence-corrected chi connectivity index (χ4v) is 3.57. The summed E-state index contributed by atoms with van der Waals surface area (Å²) in [5.41, 5.74) is 3.09. The zero-order valence-corrected chi connectivity index (χ0v) is 18.4. The lowest BCUT2D eigenvalue weighted by Crippen LogP contribution is -2.38. The van der Waals surface area contributed by atoms with Gasteiger partial charge in [-0.1, -0.05) is 18.2 Å². The molecule has 1 aliphatic rings. The second kappa shape index (κ2) is 9.07. The molecule has 0 atom stereocenters. The van der Waals surface area contributed by atoms with Gasteiger partial charge in [0.05, 0.1) is 5.56 Å². The molecule has 1 fully saturated rings. The molecule has 2 aromatic carbocycles. The molecule has 1 saturated heterocycles. The lowest BCUT2D eigenvalue weighted by molar-refractivity contribution is -0.127. The van der Waals surface area contributed by atoms with Crippen LogP contribution >= 0.6 is 0 Å². The average Bonchev–Trinajstić information content (AvgIpc) is 3.34. The second-order valence-corrected chi connectivity index (χ2v) is 7.83. The third-order valence-electron chi connectivity index (χ3n) is 5.22. The maximum absolute atomic E-state index is 12.7. The maximum atomic E-state index is 12.7. The standard InChI is InChI=1S/C25H21N3O6/c1-14-4-3-5-17(10-14)26-22(29)13-28-23(30)20(27-25(28)33)12-18-7-9-21(34-18)19-8-6-16(24(31)32)11-15(19)2/h3-12H,13H2,1-2H3,(H,26,29)(H,27,33)(H,31,32)/b20-12-. The number of urea groups is 1. The summed E-state index contributed by atoms with van der Waals surface area (Å²) in [5, 5.41) is 14.2. The Morgan fingerprint density at radius 1 is 1.09 bits per heavy atom. The van der Waals surface area contributed by atoms with E-state index in [0.717, 1.165) is 10.5 Å². The first kappa shape index (κ1) is 22.5. The second-order valence-electron chi connectivity index (χ2n) is 7.83. The number of hydrogen-bond donors (Lipinski definition) is 3. The topological polar surface area (TPSA) is 129 Å². The molecule has 0 spiro atoms. The largest absolute Gasteiger partial charge is 0.478 e. The predicted octanol–water partition coefficient (Wildman–Crippen LogP) is 3.79. The van der Waals surface area contributed by atoms with Crippen molar-refractivity contribution >= 4 is 35.6 Å². The smallest absolute Gasteiger partial charge is 0.335 e. The number of carboxylic acid groups (broad SMARTS) is 1. The summed E-state index contributed by atoms with van der Waals surface area (Å²) < 4.78 is 5.78. The fraction of sp³-hybridized carbons (Fsp3) is 0.120. The number of nitrogens with one attached hydrogen (secondary N) is 2. The molecule has 0 aliphatic carbocycles. The van der Waals surface area contributed by atoms with E-state index in [0.29, 0.717) is 28.3 Å². The predicted molar refractivity (Wildman–Crippen MR) is 124 cm³/mol. The van der Waals surface area contributed by atoms with Crippen LogP contribution in [0, 0.1) is 13.8 Å². The minimum atomic E-state index is -1.02. The minimum Gasteiger partial charge on any atom is -0.478 e. The molecule has 0 unspecified atom stereocenters. The van der Waals surface area contributed by atoms with Gasteiger partial charge in [-0.05, 0) is 61.4 Å². The van der Waals surface area contributed by atoms with Crippen LogP contribution in [0.15, 0.2) is 64.7 Å². The molecule has 0 saturated carbocycles. The summed E-state index contributed by atoms with van der Waals surface area (Å²) >= 11 is 0. The molecule has 2 heterocycles. The van der Waals surface area contributed by atoms with Gasteiger partial charge in [0.15, 0.2) is 0 Å². The molecular formula is C25H21N3O6. The van der Waals surface area contributed by atoms with E-state index in [9.17, 15) is 19.2 Å². The van der Waals surface area contributed by atoms with Crippen molar-refractivity contribution in [3.05, 3.63) is 82.7 Å². The van der Waals surface area contributed by atoms with E-state index >= 15 is 0 Å². The molecule has 1 aromatic heterocycles. The van der Waals surface area contributed by atoms with Crippen LogP contribution in [0.2, 0.25) is 0 Å². The molecule has 9 heteroatoms. The molecule has 172 valence electrons. The SMILES string of the molecule is Cc1cccc(NC(=O)CN2C(=O)N/C(=C\c3ccc(-c4ccc(C(=O)O)cc4C)o3)C2=O)c1. The Bertz CT molecular complexity index is 1350. The van der Waals surface area contributed by atoms with Gasteiger partial charge in [-0.25, -0.2) is 14.5 Å². The van der Waals surface area contributed by atoms with Crippen LogP contribution in [0.3, 0.4) is 0 Å². The summed E-state index contributed by atoms with van der Waals surface area (Å²) in [7, 11) is 0. The summed E-state index contributed by atoms with van der Waals surface area (Å²) in [6.07, 6.45) is 1.38. The van der Waals surface area contributed by atoms with E-state index in [-0.39, 0.29) is 11.3 Å². The van der Waals surface area contributed by atoms with Gasteiger partial charge in [0.2, 0.25) is 5.91 Å². The van der Waals surface area contributed by atoms with Crippen LogP contribution < -0.4 is 10.6 Å². The number of amides is 4. The average molecular weight is 459 g/mol. The molecule has 34 heavy (non-hydrogen) atoms. The first-order chi connectivity index (χ1) is 16.2. The molecule has 4 amide bonds. The summed E-state index contributed by atoms with van der Waals surface area (Å²) in [5.74, 6) is -1.38. The van der Waals surface area contributed by atoms with Crippen LogP contribution in [0.1, 0.15) is 27.2 Å². The highest BCUT2D eigenvalue weighted by Gasteiger charge is 2.35. The van der Waals surface area contributed by atoms with Gasteiger partial charge in [-0.15, -0.1) is 0 Å². The monoisotopic (exact) mass is 459 g/mol. The number of carbonyl (C=O) groups is 4. The highest BCUT2D eigenvalue weighted by molar-refractivity contribution is 6.15. The first-order valence-corrected chi connectivity index (χ1v) is 10.4. The highest BCUT2D eigenvalue weighted by Crippen LogP contribution is 2.27. The van der Waals surface area contributed by atoms with Crippen molar-refractivity contribution in [1.82, 2.24) is 10.2 Å². The van der Waals surface area contributed by atoms with E-state index in [2.05, 4.69) is 10.6 Å². The lowest BCUT2D eigenvalue weighted by Gasteiger charge is -2.12. The number of furan rings is 1. The number of carbonyl (C=O) groups excluding carboxylic acids is 3. The zero-order valence-electron chi connectivity index (χ0n) is 18.4. The summed E-state index contributed by atoms with van der Waals surface area (Å²) in [6, 6.07) is 14.4. The Labute approximate surface area is 194 Å². The van der Waals surface area contributed by atoms with Crippen molar-refractivity contribution in [3.63, 3.8) is 0 Å². The number of imide groups is 1. The number of rotatable bonds is 6. The normalized spacial score (nSPS) is 14.4. The molecular weight excluding hydrogens is 438 g/mol. The van der Waals surface area contributed by atoms with Crippen LogP contribution in [-0.4, -0.2) is 40.4 Å². The molecule has 9 nitrogen and oxygen atoms in total. The van der Waals surface area contributed by atoms with Crippen LogP contribution in [0.4, 0.5) is 10.5 Å². The summed E-state index contributed by atoms with van der Waals surface area (Å²) in [4.78, 5) is 49.2. The molecule has 3 aromatic rings. The van der Waals surface area contributed by atoms with E-state index in [4.69, 9.17) is 9.52 Å². The van der Waals surface area contributed by atoms with E-state index in [1.54, 1.807) is 49.4 Å². The maximum Gasteiger partial charge on any atom is 0.335 e. The van der Waals surface area contributed by atoms with Gasteiger partial charge in [0.25, 0.3) is 5.91 Å². The van der Waals surface area contributed by atoms with E-state index < -0.39 is 30.4 Å². The van der Waals surface area contributed by atoms with E-state index in [1.165, 1.54) is 12.1 Å². The van der Waals surface area contributed by atoms with Crippen LogP contribution in [0.25, 0.3) is 17.4 Å². The van der Waals surface area contributed by atoms with Crippen LogP contribution in [-0.2, 0) is 9.59 Å². The van der Waals surface area contributed by atoms with Crippen molar-refractivity contribution in [1.29, 1.82) is 0 Å². The van der Waals surface area contributed by atoms with Gasteiger partial charge in [-0.3, -0.25) is 9.59 Å². The van der Waals surface area contributed by atoms with Crippen molar-refractivity contribution in [2.24, 2.45) is 0 Å². The number of anilines is 1.